The van der Waals surface area contributed by atoms with Crippen LogP contribution in [0, 0.1) is 23.7 Å². The van der Waals surface area contributed by atoms with Gasteiger partial charge in [0.25, 0.3) is 0 Å². The summed E-state index contributed by atoms with van der Waals surface area (Å²) in [7, 11) is 7.97. The molecule has 9 atom stereocenters. The third-order valence-corrected chi connectivity index (χ3v) is 13.1. The lowest BCUT2D eigenvalue weighted by Gasteiger charge is -2.41. The van der Waals surface area contributed by atoms with Gasteiger partial charge < -0.3 is 45.1 Å². The summed E-state index contributed by atoms with van der Waals surface area (Å²) in [5.74, 6) is -4.38. The number of likely N-dealkylation sites (N-methyl/N-ethyl adjacent to an activating group) is 2. The second-order valence-corrected chi connectivity index (χ2v) is 18.5. The Hall–Kier alpha value is -5.48. The van der Waals surface area contributed by atoms with Crippen molar-refractivity contribution in [3.05, 3.63) is 71.3 Å². The molecule has 0 aliphatic carbocycles. The first kappa shape index (κ1) is 55.8. The number of aliphatic carboxylic acids is 1. The number of allylic oxidation sites excluding steroid dienone is 1. The summed E-state index contributed by atoms with van der Waals surface area (Å²) in [6, 6.07) is 10.7. The Morgan fingerprint density at radius 3 is 2.00 bits per heavy atom. The van der Waals surface area contributed by atoms with E-state index in [9.17, 15) is 33.9 Å². The first-order valence-electron chi connectivity index (χ1n) is 23.6. The largest absolute Gasteiger partial charge is 0.480 e. The van der Waals surface area contributed by atoms with Crippen LogP contribution in [0.2, 0.25) is 0 Å². The number of nitrogens with one attached hydrogen (secondary N) is 3. The number of amides is 5. The lowest BCUT2D eigenvalue weighted by Crippen LogP contribution is -2.60. The van der Waals surface area contributed by atoms with Gasteiger partial charge in [-0.3, -0.25) is 24.1 Å². The molecule has 1 aliphatic rings. The van der Waals surface area contributed by atoms with Crippen molar-refractivity contribution in [3.8, 4) is 0 Å². The third-order valence-electron chi connectivity index (χ3n) is 13.1. The second kappa shape index (κ2) is 26.8. The van der Waals surface area contributed by atoms with Crippen LogP contribution >= 0.6 is 0 Å². The topological polar surface area (TPSA) is 196 Å². The number of carbonyl (C=O) groups is 6. The molecule has 1 heterocycles. The molecule has 1 unspecified atom stereocenters. The maximum Gasteiger partial charge on any atom is 0.410 e. The van der Waals surface area contributed by atoms with E-state index >= 15 is 0 Å². The number of benzene rings is 2. The summed E-state index contributed by atoms with van der Waals surface area (Å²) in [5.41, 5.74) is 3.44. The summed E-state index contributed by atoms with van der Waals surface area (Å²) in [6.45, 7) is 15.3. The van der Waals surface area contributed by atoms with Gasteiger partial charge in [-0.2, -0.15) is 0 Å². The normalized spacial score (nSPS) is 17.5. The van der Waals surface area contributed by atoms with E-state index in [1.165, 1.54) is 26.2 Å². The van der Waals surface area contributed by atoms with E-state index < -0.39 is 72.2 Å². The van der Waals surface area contributed by atoms with Crippen molar-refractivity contribution in [2.45, 2.75) is 137 Å². The van der Waals surface area contributed by atoms with Crippen LogP contribution in [0.25, 0.3) is 6.08 Å². The molecule has 16 heteroatoms. The minimum Gasteiger partial charge on any atom is -0.480 e. The first-order valence-corrected chi connectivity index (χ1v) is 23.6. The minimum atomic E-state index is -1.18. The van der Waals surface area contributed by atoms with E-state index in [0.717, 1.165) is 22.4 Å². The van der Waals surface area contributed by atoms with Gasteiger partial charge in [0.15, 0.2) is 0 Å². The van der Waals surface area contributed by atoms with Gasteiger partial charge in [0.1, 0.15) is 24.7 Å². The van der Waals surface area contributed by atoms with Gasteiger partial charge >= 0.3 is 12.1 Å². The Bertz CT molecular complexity index is 1960. The predicted octanol–water partition coefficient (Wildman–Crippen LogP) is 6.23. The Morgan fingerprint density at radius 1 is 0.851 bits per heavy atom. The number of nitrogens with zero attached hydrogens (tertiary/aromatic N) is 3. The molecule has 5 amide bonds. The molecule has 1 saturated heterocycles. The molecule has 1 fully saturated rings. The van der Waals surface area contributed by atoms with Crippen LogP contribution in [0.1, 0.15) is 97.8 Å². The summed E-state index contributed by atoms with van der Waals surface area (Å²) >= 11 is 0. The predicted molar refractivity (Wildman–Crippen MR) is 260 cm³/mol. The van der Waals surface area contributed by atoms with Gasteiger partial charge in [-0.15, -0.1) is 0 Å². The van der Waals surface area contributed by atoms with E-state index in [1.54, 1.807) is 23.8 Å². The minimum absolute atomic E-state index is 0.0163. The van der Waals surface area contributed by atoms with Gasteiger partial charge in [-0.25, -0.2) is 9.59 Å². The molecule has 0 bridgehead atoms. The van der Waals surface area contributed by atoms with Crippen molar-refractivity contribution in [2.75, 3.05) is 47.2 Å². The lowest BCUT2D eigenvalue weighted by atomic mass is 9.89. The maximum atomic E-state index is 14.6. The van der Waals surface area contributed by atoms with Gasteiger partial charge in [0.2, 0.25) is 23.6 Å². The highest BCUT2D eigenvalue weighted by atomic mass is 16.6. The van der Waals surface area contributed by atoms with Crippen molar-refractivity contribution in [3.63, 3.8) is 0 Å². The summed E-state index contributed by atoms with van der Waals surface area (Å²) in [4.78, 5) is 86.9. The zero-order valence-corrected chi connectivity index (χ0v) is 42.0. The molecule has 67 heavy (non-hydrogen) atoms. The molecule has 0 saturated carbocycles. The van der Waals surface area contributed by atoms with E-state index in [1.807, 2.05) is 116 Å². The van der Waals surface area contributed by atoms with E-state index in [-0.39, 0.29) is 49.0 Å². The van der Waals surface area contributed by atoms with E-state index in [4.69, 9.17) is 14.2 Å². The smallest absolute Gasteiger partial charge is 0.410 e. The highest BCUT2D eigenvalue weighted by Crippen LogP contribution is 2.30. The number of hydrogen-bond acceptors (Lipinski definition) is 10. The molecule has 372 valence electrons. The van der Waals surface area contributed by atoms with Crippen molar-refractivity contribution in [1.82, 2.24) is 25.3 Å². The molecule has 0 spiro atoms. The van der Waals surface area contributed by atoms with Crippen LogP contribution in [0.3, 0.4) is 0 Å². The van der Waals surface area contributed by atoms with Gasteiger partial charge in [-0.1, -0.05) is 103 Å². The van der Waals surface area contributed by atoms with Gasteiger partial charge in [0.05, 0.1) is 36.6 Å². The fraction of sp³-hybridized carbons (Fsp3) is 0.608. The number of methoxy groups -OCH3 is 2. The van der Waals surface area contributed by atoms with Crippen LogP contribution in [0.5, 0.6) is 0 Å². The number of carboxylic acid groups (broad SMARTS) is 1. The van der Waals surface area contributed by atoms with Crippen LogP contribution in [0.15, 0.2) is 54.6 Å². The highest BCUT2D eigenvalue weighted by Gasteiger charge is 2.44. The molecule has 0 radical (unpaired) electrons. The third kappa shape index (κ3) is 15.3. The monoisotopic (exact) mass is 935 g/mol. The fourth-order valence-corrected chi connectivity index (χ4v) is 9.03. The highest BCUT2D eigenvalue weighted by molar-refractivity contribution is 5.92. The fourth-order valence-electron chi connectivity index (χ4n) is 9.03. The molecule has 16 nitrogen and oxygen atoms in total. The molecule has 3 rings (SSSR count). The van der Waals surface area contributed by atoms with Crippen molar-refractivity contribution in [1.29, 1.82) is 0 Å². The quantitative estimate of drug-likeness (QED) is 0.0882. The Kier molecular flexibility index (Phi) is 22.3. The number of hydrogen-bond donors (Lipinski definition) is 4. The average Bonchev–Trinajstić information content (AvgIpc) is 3.79. The van der Waals surface area contributed by atoms with Crippen LogP contribution in [-0.2, 0) is 51.2 Å². The lowest BCUT2D eigenvalue weighted by molar-refractivity contribution is -0.148. The number of carboxylic acids is 1. The molecule has 1 aliphatic heterocycles. The zero-order chi connectivity index (χ0) is 50.1. The van der Waals surface area contributed by atoms with Crippen LogP contribution in [-0.4, -0.2) is 140 Å². The number of likely N-dealkylation sites (tertiary alicyclic amines) is 1. The number of carbonyl (C=O) groups excluding carboxylic acids is 5. The van der Waals surface area contributed by atoms with Crippen molar-refractivity contribution in [2.24, 2.45) is 23.7 Å². The molecule has 2 aromatic rings. The SMILES string of the molecule is C/C=C\c1ccc(CC(NC(=O)[C@H](C)[C@@H](OC)[C@@H]2CCCN2C(=O)C[C@@H](OC)[C@H]([C@@H](C)CC)N(C)C(=O)[C@@H](NC(=O)[C@H](C(C)C)N(C)C(=O)OCc2ccc(NC)cc2)C(C)C)C(=O)O)cc1. The van der Waals surface area contributed by atoms with Gasteiger partial charge in [0, 0.05) is 54.0 Å². The Morgan fingerprint density at radius 2 is 1.48 bits per heavy atom. The molecule has 4 N–H and O–H groups in total. The molecule has 2 aromatic carbocycles. The van der Waals surface area contributed by atoms with Crippen LogP contribution < -0.4 is 16.0 Å². The standard InChI is InChI=1S/C51H78N6O10/c1-14-17-35-19-21-36(22-20-35)28-39(50(62)63)53-47(59)34(8)46(66-13)40-18-16-27-57(40)42(58)29-41(65-12)45(33(7)15-2)55(10)49(61)43(31(3)4)54-48(60)44(32(5)6)56(11)51(64)67-30-37-23-25-38(52-9)26-24-37/h14,17,19-26,31-34,39-41,43-46,52H,15-16,18,27-30H2,1-13H3,(H,53,59)(H,54,60)(H,62,63)/b17-14-/t33-,34+,39?,40-,41+,43-,44-,45-,46+/m0/s1. The van der Waals surface area contributed by atoms with E-state index in [0.29, 0.717) is 25.8 Å². The Balaban J connectivity index is 1.76. The first-order chi connectivity index (χ1) is 31.7. The molecular formula is C51H78N6O10. The average molecular weight is 935 g/mol. The number of rotatable bonds is 25. The number of anilines is 1. The van der Waals surface area contributed by atoms with Crippen LogP contribution in [0.4, 0.5) is 10.5 Å². The van der Waals surface area contributed by atoms with Gasteiger partial charge in [-0.05, 0) is 66.3 Å². The van der Waals surface area contributed by atoms with Crippen molar-refractivity contribution >= 4 is 47.5 Å². The molecular weight excluding hydrogens is 857 g/mol. The summed E-state index contributed by atoms with van der Waals surface area (Å²) < 4.78 is 17.5. The summed E-state index contributed by atoms with van der Waals surface area (Å²) in [5, 5.41) is 18.8. The molecule has 0 aromatic heterocycles. The van der Waals surface area contributed by atoms with Crippen molar-refractivity contribution < 1.29 is 48.1 Å². The maximum absolute atomic E-state index is 14.6. The second-order valence-electron chi connectivity index (χ2n) is 18.5. The number of ether oxygens (including phenoxy) is 3. The Labute approximate surface area is 398 Å². The van der Waals surface area contributed by atoms with E-state index in [2.05, 4.69) is 16.0 Å². The zero-order valence-electron chi connectivity index (χ0n) is 42.0. The summed E-state index contributed by atoms with van der Waals surface area (Å²) in [6.07, 6.45) is 3.59.